The number of nitrogens with one attached hydrogen (secondary N) is 1. The molecule has 1 aliphatic heterocycles. The predicted molar refractivity (Wildman–Crippen MR) is 108 cm³/mol. The van der Waals surface area contributed by atoms with Gasteiger partial charge in [-0.05, 0) is 49.0 Å². The third-order valence-electron chi connectivity index (χ3n) is 4.63. The third kappa shape index (κ3) is 4.48. The van der Waals surface area contributed by atoms with Gasteiger partial charge in [0.1, 0.15) is 5.82 Å². The molecule has 1 N–H and O–H groups in total. The lowest BCUT2D eigenvalue weighted by Crippen LogP contribution is -2.40. The van der Waals surface area contributed by atoms with Crippen molar-refractivity contribution < 1.29 is 13.7 Å². The Labute approximate surface area is 173 Å². The zero-order chi connectivity index (χ0) is 19.5. The Morgan fingerprint density at radius 3 is 3.11 bits per heavy atom. The molecule has 0 spiro atoms. The van der Waals surface area contributed by atoms with Crippen LogP contribution in [0.4, 0.5) is 10.1 Å². The number of thiophene rings is 1. The lowest BCUT2D eigenvalue weighted by atomic mass is 9.97. The van der Waals surface area contributed by atoms with E-state index >= 15 is 0 Å². The molecular formula is C19H18BrFN4O2S. The summed E-state index contributed by atoms with van der Waals surface area (Å²) in [4.78, 5) is 20.1. The average Bonchev–Trinajstić information content (AvgIpc) is 3.36. The maximum Gasteiger partial charge on any atom is 0.241 e. The summed E-state index contributed by atoms with van der Waals surface area (Å²) >= 11 is 4.77. The van der Waals surface area contributed by atoms with Crippen molar-refractivity contribution in [3.63, 3.8) is 0 Å². The molecule has 1 unspecified atom stereocenters. The summed E-state index contributed by atoms with van der Waals surface area (Å²) in [6.45, 7) is 1.92. The molecule has 1 aliphatic rings. The van der Waals surface area contributed by atoms with Crippen molar-refractivity contribution in [2.24, 2.45) is 5.92 Å². The van der Waals surface area contributed by atoms with Crippen LogP contribution in [0, 0.1) is 11.7 Å². The van der Waals surface area contributed by atoms with E-state index < -0.39 is 5.82 Å². The number of piperidine rings is 1. The second-order valence-corrected chi connectivity index (χ2v) is 8.54. The van der Waals surface area contributed by atoms with Crippen LogP contribution >= 0.6 is 27.3 Å². The van der Waals surface area contributed by atoms with Crippen LogP contribution in [0.3, 0.4) is 0 Å². The first-order valence-corrected chi connectivity index (χ1v) is 10.6. The summed E-state index contributed by atoms with van der Waals surface area (Å²) < 4.78 is 20.0. The van der Waals surface area contributed by atoms with Crippen molar-refractivity contribution in [2.75, 3.05) is 18.4 Å². The quantitative estimate of drug-likeness (QED) is 0.599. The Hall–Kier alpha value is -2.10. The Balaban J connectivity index is 1.37. The number of aromatic nitrogens is 2. The highest BCUT2D eigenvalue weighted by atomic mass is 79.9. The Morgan fingerprint density at radius 2 is 2.32 bits per heavy atom. The highest BCUT2D eigenvalue weighted by Gasteiger charge is 2.27. The number of hydrogen-bond acceptors (Lipinski definition) is 6. The second kappa shape index (κ2) is 8.50. The van der Waals surface area contributed by atoms with Crippen LogP contribution in [0.1, 0.15) is 18.7 Å². The molecule has 6 nitrogen and oxygen atoms in total. The second-order valence-electron chi connectivity index (χ2n) is 6.68. The molecule has 0 aliphatic carbocycles. The lowest BCUT2D eigenvalue weighted by Gasteiger charge is -2.30. The van der Waals surface area contributed by atoms with Crippen LogP contribution in [0.2, 0.25) is 0 Å². The molecule has 1 atom stereocenters. The number of nitrogens with zero attached hydrogens (tertiary/aromatic N) is 3. The molecular weight excluding hydrogens is 447 g/mol. The van der Waals surface area contributed by atoms with Crippen molar-refractivity contribution >= 4 is 38.9 Å². The van der Waals surface area contributed by atoms with Gasteiger partial charge in [-0.15, -0.1) is 11.3 Å². The van der Waals surface area contributed by atoms with Crippen LogP contribution in [0.25, 0.3) is 10.7 Å². The maximum atomic E-state index is 14.0. The minimum atomic E-state index is -0.456. The van der Waals surface area contributed by atoms with Crippen LogP contribution in [0.15, 0.2) is 44.7 Å². The van der Waals surface area contributed by atoms with E-state index in [1.54, 1.807) is 23.5 Å². The standard InChI is InChI=1S/C19H18BrFN4O2S/c20-13-5-6-15(14(21)9-13)22-19(26)12-3-1-7-25(10-12)11-17-23-18(24-27-17)16-4-2-8-28-16/h2,4-6,8-9,12H,1,3,7,10-11H2,(H,22,26). The number of carbonyl (C=O) groups is 1. The smallest absolute Gasteiger partial charge is 0.241 e. The van der Waals surface area contributed by atoms with Crippen LogP contribution in [-0.4, -0.2) is 34.0 Å². The Kier molecular flexibility index (Phi) is 5.84. The lowest BCUT2D eigenvalue weighted by molar-refractivity contribution is -0.121. The Bertz CT molecular complexity index is 963. The summed E-state index contributed by atoms with van der Waals surface area (Å²) in [7, 11) is 0. The van der Waals surface area contributed by atoms with E-state index in [0.717, 1.165) is 24.3 Å². The molecule has 0 bridgehead atoms. The van der Waals surface area contributed by atoms with Gasteiger partial charge in [-0.25, -0.2) is 4.39 Å². The number of likely N-dealkylation sites (tertiary alicyclic amines) is 1. The largest absolute Gasteiger partial charge is 0.338 e. The third-order valence-corrected chi connectivity index (χ3v) is 5.99. The fourth-order valence-electron chi connectivity index (χ4n) is 3.26. The molecule has 0 saturated carbocycles. The highest BCUT2D eigenvalue weighted by Crippen LogP contribution is 2.25. The van der Waals surface area contributed by atoms with E-state index in [1.165, 1.54) is 6.07 Å². The predicted octanol–water partition coefficient (Wildman–Crippen LogP) is 4.55. The van der Waals surface area contributed by atoms with Gasteiger partial charge in [0.25, 0.3) is 0 Å². The van der Waals surface area contributed by atoms with Crippen LogP contribution in [0.5, 0.6) is 0 Å². The number of rotatable bonds is 5. The fraction of sp³-hybridized carbons (Fsp3) is 0.316. The number of amides is 1. The first-order valence-electron chi connectivity index (χ1n) is 8.93. The SMILES string of the molecule is O=C(Nc1ccc(Br)cc1F)C1CCCN(Cc2nc(-c3cccs3)no2)C1. The van der Waals surface area contributed by atoms with Crippen molar-refractivity contribution in [1.29, 1.82) is 0 Å². The number of anilines is 1. The van der Waals surface area contributed by atoms with Gasteiger partial charge in [-0.2, -0.15) is 4.98 Å². The fourth-order valence-corrected chi connectivity index (χ4v) is 4.24. The summed E-state index contributed by atoms with van der Waals surface area (Å²) in [5, 5.41) is 8.69. The monoisotopic (exact) mass is 464 g/mol. The van der Waals surface area contributed by atoms with E-state index in [9.17, 15) is 9.18 Å². The molecule has 9 heteroatoms. The average molecular weight is 465 g/mol. The van der Waals surface area contributed by atoms with E-state index in [1.807, 2.05) is 17.5 Å². The zero-order valence-corrected chi connectivity index (χ0v) is 17.3. The van der Waals surface area contributed by atoms with Gasteiger partial charge in [0.2, 0.25) is 17.6 Å². The minimum absolute atomic E-state index is 0.171. The molecule has 3 heterocycles. The topological polar surface area (TPSA) is 71.3 Å². The number of carbonyl (C=O) groups excluding carboxylic acids is 1. The van der Waals surface area contributed by atoms with Gasteiger partial charge in [-0.3, -0.25) is 9.69 Å². The number of halogens is 2. The summed E-state index contributed by atoms with van der Waals surface area (Å²) in [5.41, 5.74) is 0.197. The molecule has 2 aromatic heterocycles. The number of benzene rings is 1. The molecule has 3 aromatic rings. The van der Waals surface area contributed by atoms with E-state index in [-0.39, 0.29) is 17.5 Å². The molecule has 4 rings (SSSR count). The van der Waals surface area contributed by atoms with Crippen molar-refractivity contribution in [3.8, 4) is 10.7 Å². The first kappa shape index (κ1) is 19.2. The van der Waals surface area contributed by atoms with Gasteiger partial charge in [0.15, 0.2) is 0 Å². The van der Waals surface area contributed by atoms with Crippen molar-refractivity contribution in [1.82, 2.24) is 15.0 Å². The van der Waals surface area contributed by atoms with E-state index in [0.29, 0.717) is 29.3 Å². The molecule has 146 valence electrons. The summed E-state index contributed by atoms with van der Waals surface area (Å²) in [6, 6.07) is 8.48. The van der Waals surface area contributed by atoms with Gasteiger partial charge in [0, 0.05) is 11.0 Å². The van der Waals surface area contributed by atoms with Gasteiger partial charge < -0.3 is 9.84 Å². The summed E-state index contributed by atoms with van der Waals surface area (Å²) in [6.07, 6.45) is 1.65. The molecule has 1 fully saturated rings. The molecule has 0 radical (unpaired) electrons. The minimum Gasteiger partial charge on any atom is -0.338 e. The van der Waals surface area contributed by atoms with E-state index in [4.69, 9.17) is 4.52 Å². The van der Waals surface area contributed by atoms with E-state index in [2.05, 4.69) is 36.3 Å². The van der Waals surface area contributed by atoms with Crippen LogP contribution in [-0.2, 0) is 11.3 Å². The molecule has 1 saturated heterocycles. The van der Waals surface area contributed by atoms with Gasteiger partial charge >= 0.3 is 0 Å². The first-order chi connectivity index (χ1) is 13.6. The zero-order valence-electron chi connectivity index (χ0n) is 14.9. The van der Waals surface area contributed by atoms with Crippen molar-refractivity contribution in [2.45, 2.75) is 19.4 Å². The van der Waals surface area contributed by atoms with Gasteiger partial charge in [-0.1, -0.05) is 27.2 Å². The molecule has 1 amide bonds. The number of hydrogen-bond donors (Lipinski definition) is 1. The maximum absolute atomic E-state index is 14.0. The Morgan fingerprint density at radius 1 is 1.43 bits per heavy atom. The molecule has 1 aromatic carbocycles. The summed E-state index contributed by atoms with van der Waals surface area (Å²) in [5.74, 6) is 0.278. The van der Waals surface area contributed by atoms with Crippen molar-refractivity contribution in [3.05, 3.63) is 51.9 Å². The van der Waals surface area contributed by atoms with Gasteiger partial charge in [0.05, 0.1) is 23.0 Å². The normalized spacial score (nSPS) is 17.6. The molecule has 28 heavy (non-hydrogen) atoms. The highest BCUT2D eigenvalue weighted by molar-refractivity contribution is 9.10. The van der Waals surface area contributed by atoms with Crippen LogP contribution < -0.4 is 5.32 Å².